The number of aromatic nitrogens is 1. The van der Waals surface area contributed by atoms with Crippen molar-refractivity contribution in [3.63, 3.8) is 0 Å². The number of hydrogen-bond acceptors (Lipinski definition) is 6. The number of nitrogens with one attached hydrogen (secondary N) is 1. The van der Waals surface area contributed by atoms with Gasteiger partial charge < -0.3 is 9.72 Å². The van der Waals surface area contributed by atoms with E-state index in [-0.39, 0.29) is 17.0 Å². The van der Waals surface area contributed by atoms with E-state index in [4.69, 9.17) is 4.74 Å². The van der Waals surface area contributed by atoms with Crippen LogP contribution < -0.4 is 4.90 Å². The number of Topliss-reactive ketones (excluding diaryl/α,β-unsaturated/α-hetero) is 3. The smallest absolute Gasteiger partial charge is 0.326 e. The van der Waals surface area contributed by atoms with Gasteiger partial charge in [-0.05, 0) is 45.4 Å². The standard InChI is InChI=1S/C21H20N2O6/c1-10-17(12(3)24)11(2)22-18(10)19(26)13(4)29-16(25)9-23-15-8-6-5-7-14(15)20(27)21(23)28/h5-8,13,22H,9H2,1-4H3/t13-/m0/s1. The molecule has 0 unspecified atom stereocenters. The Labute approximate surface area is 166 Å². The van der Waals surface area contributed by atoms with Gasteiger partial charge in [0.1, 0.15) is 6.54 Å². The average molecular weight is 396 g/mol. The Balaban J connectivity index is 1.73. The van der Waals surface area contributed by atoms with E-state index in [1.807, 2.05) is 0 Å². The SMILES string of the molecule is CC(=O)c1c(C)[nH]c(C(=O)[C@H](C)OC(=O)CN2C(=O)C(=O)c3ccccc32)c1C. The fraction of sp³-hybridized carbons (Fsp3) is 0.286. The van der Waals surface area contributed by atoms with Gasteiger partial charge in [-0.25, -0.2) is 0 Å². The lowest BCUT2D eigenvalue weighted by molar-refractivity contribution is -0.145. The molecule has 0 bridgehead atoms. The predicted molar refractivity (Wildman–Crippen MR) is 103 cm³/mol. The van der Waals surface area contributed by atoms with Crippen LogP contribution in [0.1, 0.15) is 56.3 Å². The van der Waals surface area contributed by atoms with Crippen molar-refractivity contribution in [2.45, 2.75) is 33.8 Å². The fourth-order valence-corrected chi connectivity index (χ4v) is 3.55. The van der Waals surface area contributed by atoms with Crippen molar-refractivity contribution in [1.82, 2.24) is 4.98 Å². The summed E-state index contributed by atoms with van der Waals surface area (Å²) >= 11 is 0. The van der Waals surface area contributed by atoms with Crippen molar-refractivity contribution >= 4 is 34.9 Å². The largest absolute Gasteiger partial charge is 0.453 e. The van der Waals surface area contributed by atoms with Crippen molar-refractivity contribution in [1.29, 1.82) is 0 Å². The van der Waals surface area contributed by atoms with Crippen molar-refractivity contribution in [2.75, 3.05) is 11.4 Å². The molecule has 0 saturated heterocycles. The van der Waals surface area contributed by atoms with Crippen LogP contribution in [0.4, 0.5) is 5.69 Å². The number of nitrogens with zero attached hydrogens (tertiary/aromatic N) is 1. The number of H-pyrrole nitrogens is 1. The second-order valence-electron chi connectivity index (χ2n) is 6.92. The topological polar surface area (TPSA) is 114 Å². The Hall–Kier alpha value is -3.55. The van der Waals surface area contributed by atoms with Gasteiger partial charge in [0.15, 0.2) is 11.9 Å². The van der Waals surface area contributed by atoms with Crippen LogP contribution in [0.2, 0.25) is 0 Å². The first-order valence-electron chi connectivity index (χ1n) is 9.02. The normalized spacial score (nSPS) is 14.0. The minimum absolute atomic E-state index is 0.171. The number of aromatic amines is 1. The summed E-state index contributed by atoms with van der Waals surface area (Å²) in [6.07, 6.45) is -1.14. The molecule has 1 aliphatic rings. The van der Waals surface area contributed by atoms with Crippen LogP contribution in [0.3, 0.4) is 0 Å². The predicted octanol–water partition coefficient (Wildman–Crippen LogP) is 2.18. The highest BCUT2D eigenvalue weighted by Gasteiger charge is 2.37. The number of carbonyl (C=O) groups excluding carboxylic acids is 5. The molecule has 1 N–H and O–H groups in total. The molecule has 8 nitrogen and oxygen atoms in total. The lowest BCUT2D eigenvalue weighted by Gasteiger charge is -2.17. The molecule has 29 heavy (non-hydrogen) atoms. The third-order valence-electron chi connectivity index (χ3n) is 4.88. The number of rotatable bonds is 6. The summed E-state index contributed by atoms with van der Waals surface area (Å²) in [5.74, 6) is -2.99. The fourth-order valence-electron chi connectivity index (χ4n) is 3.55. The maximum atomic E-state index is 12.7. The average Bonchev–Trinajstić information content (AvgIpc) is 3.09. The summed E-state index contributed by atoms with van der Waals surface area (Å²) in [4.78, 5) is 64.8. The lowest BCUT2D eigenvalue weighted by atomic mass is 10.0. The molecule has 1 aromatic carbocycles. The Morgan fingerprint density at radius 3 is 2.41 bits per heavy atom. The van der Waals surface area contributed by atoms with E-state index in [1.54, 1.807) is 32.0 Å². The Bertz CT molecular complexity index is 1070. The molecular formula is C21H20N2O6. The minimum atomic E-state index is -1.14. The van der Waals surface area contributed by atoms with Crippen LogP contribution in [-0.2, 0) is 14.3 Å². The van der Waals surface area contributed by atoms with Crippen LogP contribution in [0.15, 0.2) is 24.3 Å². The number of benzene rings is 1. The van der Waals surface area contributed by atoms with Crippen LogP contribution in [0, 0.1) is 13.8 Å². The molecule has 2 aromatic rings. The second kappa shape index (κ2) is 7.46. The monoisotopic (exact) mass is 396 g/mol. The molecule has 0 fully saturated rings. The third-order valence-corrected chi connectivity index (χ3v) is 4.88. The lowest BCUT2D eigenvalue weighted by Crippen LogP contribution is -2.37. The molecule has 1 atom stereocenters. The van der Waals surface area contributed by atoms with Crippen molar-refractivity contribution in [3.8, 4) is 0 Å². The van der Waals surface area contributed by atoms with E-state index >= 15 is 0 Å². The van der Waals surface area contributed by atoms with Gasteiger partial charge >= 0.3 is 5.97 Å². The van der Waals surface area contributed by atoms with Gasteiger partial charge in [-0.1, -0.05) is 12.1 Å². The number of esters is 1. The highest BCUT2D eigenvalue weighted by Crippen LogP contribution is 2.28. The van der Waals surface area contributed by atoms with Gasteiger partial charge in [-0.3, -0.25) is 28.9 Å². The Kier molecular flexibility index (Phi) is 5.19. The maximum absolute atomic E-state index is 12.7. The van der Waals surface area contributed by atoms with E-state index in [2.05, 4.69) is 4.98 Å². The zero-order valence-electron chi connectivity index (χ0n) is 16.5. The first-order chi connectivity index (χ1) is 13.6. The zero-order chi connectivity index (χ0) is 21.5. The molecule has 0 spiro atoms. The van der Waals surface area contributed by atoms with E-state index in [0.717, 1.165) is 4.90 Å². The molecule has 0 saturated carbocycles. The zero-order valence-corrected chi connectivity index (χ0v) is 16.5. The number of carbonyl (C=O) groups is 5. The molecule has 0 radical (unpaired) electrons. The molecule has 2 heterocycles. The van der Waals surface area contributed by atoms with Crippen molar-refractivity contribution < 1.29 is 28.7 Å². The number of fused-ring (bicyclic) bond motifs is 1. The number of amides is 1. The van der Waals surface area contributed by atoms with Gasteiger partial charge in [0, 0.05) is 11.3 Å². The van der Waals surface area contributed by atoms with Crippen LogP contribution in [0.25, 0.3) is 0 Å². The third kappa shape index (κ3) is 3.49. The first kappa shape index (κ1) is 20.2. The second-order valence-corrected chi connectivity index (χ2v) is 6.92. The van der Waals surface area contributed by atoms with Crippen LogP contribution >= 0.6 is 0 Å². The van der Waals surface area contributed by atoms with E-state index in [1.165, 1.54) is 19.9 Å². The van der Waals surface area contributed by atoms with E-state index < -0.39 is 36.1 Å². The molecule has 1 amide bonds. The first-order valence-corrected chi connectivity index (χ1v) is 9.02. The number of ether oxygens (including phenoxy) is 1. The molecule has 1 aliphatic heterocycles. The molecule has 8 heteroatoms. The summed E-state index contributed by atoms with van der Waals surface area (Å²) in [5, 5.41) is 0. The summed E-state index contributed by atoms with van der Waals surface area (Å²) in [6.45, 7) is 5.67. The number of anilines is 1. The number of ketones is 3. The quantitative estimate of drug-likeness (QED) is 0.455. The highest BCUT2D eigenvalue weighted by molar-refractivity contribution is 6.52. The molecule has 0 aliphatic carbocycles. The van der Waals surface area contributed by atoms with Crippen molar-refractivity contribution in [2.24, 2.45) is 0 Å². The van der Waals surface area contributed by atoms with E-state index in [0.29, 0.717) is 22.5 Å². The molecule has 150 valence electrons. The summed E-state index contributed by atoms with van der Waals surface area (Å²) in [7, 11) is 0. The summed E-state index contributed by atoms with van der Waals surface area (Å²) < 4.78 is 5.19. The number of para-hydroxylation sites is 1. The van der Waals surface area contributed by atoms with E-state index in [9.17, 15) is 24.0 Å². The highest BCUT2D eigenvalue weighted by atomic mass is 16.5. The summed E-state index contributed by atoms with van der Waals surface area (Å²) in [6, 6.07) is 6.35. The minimum Gasteiger partial charge on any atom is -0.453 e. The molecule has 3 rings (SSSR count). The number of hydrogen-bond donors (Lipinski definition) is 1. The van der Waals surface area contributed by atoms with Gasteiger partial charge in [0.05, 0.1) is 16.9 Å². The van der Waals surface area contributed by atoms with Gasteiger partial charge in [-0.15, -0.1) is 0 Å². The van der Waals surface area contributed by atoms with Crippen molar-refractivity contribution in [3.05, 3.63) is 52.3 Å². The Morgan fingerprint density at radius 1 is 1.14 bits per heavy atom. The van der Waals surface area contributed by atoms with Crippen LogP contribution in [0.5, 0.6) is 0 Å². The summed E-state index contributed by atoms with van der Waals surface area (Å²) in [5.41, 5.74) is 2.26. The Morgan fingerprint density at radius 2 is 1.79 bits per heavy atom. The number of aryl methyl sites for hydroxylation is 1. The molecular weight excluding hydrogens is 376 g/mol. The molecule has 1 aromatic heterocycles. The maximum Gasteiger partial charge on any atom is 0.326 e. The van der Waals surface area contributed by atoms with Crippen LogP contribution in [-0.4, -0.2) is 46.9 Å². The van der Waals surface area contributed by atoms with Gasteiger partial charge in [0.25, 0.3) is 11.7 Å². The van der Waals surface area contributed by atoms with Gasteiger partial charge in [0.2, 0.25) is 5.78 Å². The van der Waals surface area contributed by atoms with Gasteiger partial charge in [-0.2, -0.15) is 0 Å².